The lowest BCUT2D eigenvalue weighted by molar-refractivity contribution is -0.112. The molecule has 1 nitrogen and oxygen atoms in total. The van der Waals surface area contributed by atoms with Crippen molar-refractivity contribution in [1.29, 1.82) is 0 Å². The molecule has 0 radical (unpaired) electrons. The van der Waals surface area contributed by atoms with Gasteiger partial charge >= 0.3 is 0 Å². The summed E-state index contributed by atoms with van der Waals surface area (Å²) in [5, 5.41) is 0. The number of ketones is 1. The van der Waals surface area contributed by atoms with Gasteiger partial charge in [-0.3, -0.25) is 4.79 Å². The van der Waals surface area contributed by atoms with Gasteiger partial charge < -0.3 is 0 Å². The molecule has 0 unspecified atom stereocenters. The van der Waals surface area contributed by atoms with Crippen LogP contribution in [0, 0.1) is 0 Å². The Hall–Kier alpha value is -1.37. The molecule has 1 heteroatoms. The third-order valence-corrected chi connectivity index (χ3v) is 4.12. The highest BCUT2D eigenvalue weighted by atomic mass is 16.1. The van der Waals surface area contributed by atoms with Crippen LogP contribution in [0.25, 0.3) is 5.57 Å². The molecule has 1 fully saturated rings. The average Bonchev–Trinajstić information content (AvgIpc) is 2.46. The van der Waals surface area contributed by atoms with E-state index >= 15 is 0 Å². The second-order valence-electron chi connectivity index (χ2n) is 5.59. The normalized spacial score (nSPS) is 17.5. The molecule has 0 saturated heterocycles. The van der Waals surface area contributed by atoms with Crippen molar-refractivity contribution in [3.63, 3.8) is 0 Å². The van der Waals surface area contributed by atoms with Gasteiger partial charge in [-0.2, -0.15) is 0 Å². The summed E-state index contributed by atoms with van der Waals surface area (Å²) in [7, 11) is 0. The summed E-state index contributed by atoms with van der Waals surface area (Å²) in [4.78, 5) is 11.2. The van der Waals surface area contributed by atoms with E-state index in [0.29, 0.717) is 0 Å². The molecule has 0 heterocycles. The van der Waals surface area contributed by atoms with Crippen molar-refractivity contribution < 1.29 is 4.79 Å². The Balaban J connectivity index is 2.15. The number of allylic oxidation sites excluding steroid dienone is 2. The van der Waals surface area contributed by atoms with Gasteiger partial charge in [0.15, 0.2) is 5.78 Å². The zero-order valence-electron chi connectivity index (χ0n) is 12.1. The van der Waals surface area contributed by atoms with Gasteiger partial charge in [0.25, 0.3) is 0 Å². The summed E-state index contributed by atoms with van der Waals surface area (Å²) in [6.07, 6.45) is 9.48. The summed E-state index contributed by atoms with van der Waals surface area (Å²) < 4.78 is 0. The van der Waals surface area contributed by atoms with Crippen molar-refractivity contribution >= 4 is 11.4 Å². The van der Waals surface area contributed by atoms with Gasteiger partial charge in [-0.15, -0.1) is 0 Å². The quantitative estimate of drug-likeness (QED) is 0.684. The van der Waals surface area contributed by atoms with E-state index in [0.717, 1.165) is 17.9 Å². The first-order valence-electron chi connectivity index (χ1n) is 7.52. The molecule has 1 saturated carbocycles. The van der Waals surface area contributed by atoms with Crippen LogP contribution in [0.4, 0.5) is 0 Å². The van der Waals surface area contributed by atoms with Gasteiger partial charge in [-0.25, -0.2) is 0 Å². The van der Waals surface area contributed by atoms with Gasteiger partial charge in [-0.1, -0.05) is 50.5 Å². The summed E-state index contributed by atoms with van der Waals surface area (Å²) >= 11 is 0. The molecule has 1 aromatic rings. The van der Waals surface area contributed by atoms with E-state index in [4.69, 9.17) is 0 Å². The molecule has 2 rings (SSSR count). The molecule has 0 aliphatic heterocycles. The minimum Gasteiger partial charge on any atom is -0.295 e. The third-order valence-electron chi connectivity index (χ3n) is 4.12. The first-order valence-corrected chi connectivity index (χ1v) is 7.52. The Morgan fingerprint density at radius 1 is 1.16 bits per heavy atom. The standard InChI is InChI=1S/C18H24O/c1-3-15(13-14(2)19)17-9-11-18(12-10-17)16-7-5-4-6-8-16/h9-13,16H,3-8H2,1-2H3. The number of rotatable bonds is 4. The molecule has 1 aliphatic rings. The number of benzene rings is 1. The maximum atomic E-state index is 11.2. The Labute approximate surface area is 116 Å². The second-order valence-corrected chi connectivity index (χ2v) is 5.59. The maximum Gasteiger partial charge on any atom is 0.152 e. The predicted octanol–water partition coefficient (Wildman–Crippen LogP) is 5.12. The van der Waals surface area contributed by atoms with Crippen LogP contribution < -0.4 is 0 Å². The number of hydrogen-bond acceptors (Lipinski definition) is 1. The van der Waals surface area contributed by atoms with E-state index in [1.807, 2.05) is 0 Å². The lowest BCUT2D eigenvalue weighted by atomic mass is 9.83. The van der Waals surface area contributed by atoms with Gasteiger partial charge in [0.05, 0.1) is 0 Å². The monoisotopic (exact) mass is 256 g/mol. The zero-order chi connectivity index (χ0) is 13.7. The Kier molecular flexibility index (Phi) is 4.95. The van der Waals surface area contributed by atoms with Crippen molar-refractivity contribution in [1.82, 2.24) is 0 Å². The van der Waals surface area contributed by atoms with Crippen molar-refractivity contribution in [2.24, 2.45) is 0 Å². The first-order chi connectivity index (χ1) is 9.20. The van der Waals surface area contributed by atoms with Crippen LogP contribution in [0.3, 0.4) is 0 Å². The van der Waals surface area contributed by atoms with E-state index < -0.39 is 0 Å². The lowest BCUT2D eigenvalue weighted by Crippen LogP contribution is -2.04. The van der Waals surface area contributed by atoms with Crippen molar-refractivity contribution in [3.05, 3.63) is 41.5 Å². The highest BCUT2D eigenvalue weighted by Crippen LogP contribution is 2.33. The third kappa shape index (κ3) is 3.79. The average molecular weight is 256 g/mol. The largest absolute Gasteiger partial charge is 0.295 e. The molecule has 0 amide bonds. The van der Waals surface area contributed by atoms with Crippen LogP contribution in [0.1, 0.15) is 69.4 Å². The zero-order valence-corrected chi connectivity index (χ0v) is 12.1. The molecule has 0 spiro atoms. The van der Waals surface area contributed by atoms with Crippen molar-refractivity contribution in [2.45, 2.75) is 58.3 Å². The van der Waals surface area contributed by atoms with Crippen LogP contribution >= 0.6 is 0 Å². The van der Waals surface area contributed by atoms with E-state index in [2.05, 4.69) is 31.2 Å². The molecule has 1 aliphatic carbocycles. The SMILES string of the molecule is CCC(=CC(C)=O)c1ccc(C2CCCCC2)cc1. The number of carbonyl (C=O) groups excluding carboxylic acids is 1. The van der Waals surface area contributed by atoms with Crippen molar-refractivity contribution in [2.75, 3.05) is 0 Å². The summed E-state index contributed by atoms with van der Waals surface area (Å²) in [6.45, 7) is 3.72. The smallest absolute Gasteiger partial charge is 0.152 e. The van der Waals surface area contributed by atoms with E-state index in [1.165, 1.54) is 43.2 Å². The summed E-state index contributed by atoms with van der Waals surface area (Å²) in [6, 6.07) is 8.88. The highest BCUT2D eigenvalue weighted by Gasteiger charge is 2.15. The van der Waals surface area contributed by atoms with Gasteiger partial charge in [0.2, 0.25) is 0 Å². The molecule has 0 atom stereocenters. The van der Waals surface area contributed by atoms with Gasteiger partial charge in [-0.05, 0) is 54.9 Å². The highest BCUT2D eigenvalue weighted by molar-refractivity contribution is 5.95. The fourth-order valence-electron chi connectivity index (χ4n) is 3.04. The van der Waals surface area contributed by atoms with Gasteiger partial charge in [0, 0.05) is 0 Å². The number of carbonyl (C=O) groups is 1. The fraction of sp³-hybridized carbons (Fsp3) is 0.500. The van der Waals surface area contributed by atoms with Crippen LogP contribution in [0.5, 0.6) is 0 Å². The fourth-order valence-corrected chi connectivity index (χ4v) is 3.04. The molecule has 0 N–H and O–H groups in total. The Morgan fingerprint density at radius 3 is 2.32 bits per heavy atom. The minimum absolute atomic E-state index is 0.133. The predicted molar refractivity (Wildman–Crippen MR) is 81.2 cm³/mol. The lowest BCUT2D eigenvalue weighted by Gasteiger charge is -2.22. The molecule has 0 aromatic heterocycles. The van der Waals surface area contributed by atoms with Gasteiger partial charge in [0.1, 0.15) is 0 Å². The van der Waals surface area contributed by atoms with E-state index in [1.54, 1.807) is 13.0 Å². The van der Waals surface area contributed by atoms with Crippen LogP contribution in [0.15, 0.2) is 30.3 Å². The second kappa shape index (κ2) is 6.70. The molecular formula is C18H24O. The molecule has 1 aromatic carbocycles. The molecule has 19 heavy (non-hydrogen) atoms. The van der Waals surface area contributed by atoms with Crippen LogP contribution in [0.2, 0.25) is 0 Å². The molecular weight excluding hydrogens is 232 g/mol. The van der Waals surface area contributed by atoms with Crippen molar-refractivity contribution in [3.8, 4) is 0 Å². The summed E-state index contributed by atoms with van der Waals surface area (Å²) in [5.41, 5.74) is 3.81. The molecule has 102 valence electrons. The van der Waals surface area contributed by atoms with E-state index in [-0.39, 0.29) is 5.78 Å². The first kappa shape index (κ1) is 14.0. The Morgan fingerprint density at radius 2 is 1.79 bits per heavy atom. The maximum absolute atomic E-state index is 11.2. The number of hydrogen-bond donors (Lipinski definition) is 0. The molecule has 0 bridgehead atoms. The van der Waals surface area contributed by atoms with Crippen LogP contribution in [-0.2, 0) is 4.79 Å². The Bertz CT molecular complexity index is 447. The topological polar surface area (TPSA) is 17.1 Å². The van der Waals surface area contributed by atoms with E-state index in [9.17, 15) is 4.79 Å². The van der Waals surface area contributed by atoms with Crippen LogP contribution in [-0.4, -0.2) is 5.78 Å². The minimum atomic E-state index is 0.133. The summed E-state index contributed by atoms with van der Waals surface area (Å²) in [5.74, 6) is 0.887.